The third-order valence-electron chi connectivity index (χ3n) is 3.06. The van der Waals surface area contributed by atoms with Gasteiger partial charge in [-0.1, -0.05) is 38.1 Å². The highest BCUT2D eigenvalue weighted by atomic mass is 16.3. The van der Waals surface area contributed by atoms with Gasteiger partial charge in [-0.05, 0) is 30.9 Å². The smallest absolute Gasteiger partial charge is 0.0687 e. The topological polar surface area (TPSA) is 32.3 Å². The minimum absolute atomic E-state index is 0.272. The van der Waals surface area contributed by atoms with Crippen molar-refractivity contribution in [2.75, 3.05) is 6.54 Å². The molecule has 1 aromatic rings. The number of aliphatic hydroxyl groups is 1. The number of hydrogen-bond donors (Lipinski definition) is 2. The molecule has 90 valence electrons. The summed E-state index contributed by atoms with van der Waals surface area (Å²) in [5.41, 5.74) is 2.60. The van der Waals surface area contributed by atoms with Crippen LogP contribution in [0.4, 0.5) is 0 Å². The summed E-state index contributed by atoms with van der Waals surface area (Å²) in [6.07, 6.45) is -0.272. The zero-order valence-electron chi connectivity index (χ0n) is 10.7. The van der Waals surface area contributed by atoms with Gasteiger partial charge in [-0.25, -0.2) is 0 Å². The highest BCUT2D eigenvalue weighted by Crippen LogP contribution is 2.16. The van der Waals surface area contributed by atoms with E-state index < -0.39 is 0 Å². The summed E-state index contributed by atoms with van der Waals surface area (Å²) in [6.45, 7) is 8.96. The molecule has 0 bridgehead atoms. The van der Waals surface area contributed by atoms with E-state index in [-0.39, 0.29) is 12.1 Å². The van der Waals surface area contributed by atoms with Crippen LogP contribution in [0.1, 0.15) is 37.9 Å². The molecule has 0 amide bonds. The third kappa shape index (κ3) is 3.62. The molecule has 0 heterocycles. The lowest BCUT2D eigenvalue weighted by Gasteiger charge is -2.20. The van der Waals surface area contributed by atoms with Gasteiger partial charge >= 0.3 is 0 Å². The van der Waals surface area contributed by atoms with Gasteiger partial charge in [0.2, 0.25) is 0 Å². The summed E-state index contributed by atoms with van der Waals surface area (Å²) in [4.78, 5) is 0. The second-order valence-corrected chi connectivity index (χ2v) is 4.80. The van der Waals surface area contributed by atoms with Crippen LogP contribution in [0, 0.1) is 12.8 Å². The van der Waals surface area contributed by atoms with Crippen molar-refractivity contribution < 1.29 is 5.11 Å². The molecule has 0 aromatic heterocycles. The molecule has 1 rings (SSSR count). The van der Waals surface area contributed by atoms with Gasteiger partial charge in [0.1, 0.15) is 0 Å². The van der Waals surface area contributed by atoms with E-state index in [2.05, 4.69) is 43.4 Å². The maximum absolute atomic E-state index is 9.73. The zero-order chi connectivity index (χ0) is 12.1. The second kappa shape index (κ2) is 6.02. The monoisotopic (exact) mass is 221 g/mol. The van der Waals surface area contributed by atoms with Crippen LogP contribution in [0.2, 0.25) is 0 Å². The molecule has 1 aromatic carbocycles. The standard InChI is InChI=1S/C14H23NO/c1-10(2)14(16)9-15-12(4)13-8-6-5-7-11(13)3/h5-8,10,12,14-16H,9H2,1-4H3. The van der Waals surface area contributed by atoms with Crippen LogP contribution in [0.3, 0.4) is 0 Å². The average molecular weight is 221 g/mol. The normalized spacial score (nSPS) is 15.1. The molecule has 2 atom stereocenters. The van der Waals surface area contributed by atoms with E-state index in [4.69, 9.17) is 0 Å². The fourth-order valence-corrected chi connectivity index (χ4v) is 1.72. The highest BCUT2D eigenvalue weighted by molar-refractivity contribution is 5.28. The number of aliphatic hydroxyl groups excluding tert-OH is 1. The minimum atomic E-state index is -0.272. The Morgan fingerprint density at radius 1 is 1.19 bits per heavy atom. The maximum Gasteiger partial charge on any atom is 0.0687 e. The van der Waals surface area contributed by atoms with Crippen LogP contribution in [-0.4, -0.2) is 17.8 Å². The second-order valence-electron chi connectivity index (χ2n) is 4.80. The van der Waals surface area contributed by atoms with Crippen LogP contribution < -0.4 is 5.32 Å². The Morgan fingerprint density at radius 3 is 2.38 bits per heavy atom. The molecule has 0 fully saturated rings. The van der Waals surface area contributed by atoms with Crippen molar-refractivity contribution in [2.45, 2.75) is 39.8 Å². The quantitative estimate of drug-likeness (QED) is 0.801. The summed E-state index contributed by atoms with van der Waals surface area (Å²) in [5, 5.41) is 13.1. The van der Waals surface area contributed by atoms with Crippen molar-refractivity contribution in [1.29, 1.82) is 0 Å². The Bertz CT molecular complexity index is 322. The molecular weight excluding hydrogens is 198 g/mol. The van der Waals surface area contributed by atoms with Crippen molar-refractivity contribution in [3.8, 4) is 0 Å². The molecular formula is C14H23NO. The van der Waals surface area contributed by atoms with Gasteiger partial charge in [-0.3, -0.25) is 0 Å². The van der Waals surface area contributed by atoms with Gasteiger partial charge in [0, 0.05) is 12.6 Å². The van der Waals surface area contributed by atoms with Crippen LogP contribution in [-0.2, 0) is 0 Å². The van der Waals surface area contributed by atoms with Crippen molar-refractivity contribution in [3.63, 3.8) is 0 Å². The van der Waals surface area contributed by atoms with E-state index in [1.807, 2.05) is 13.8 Å². The lowest BCUT2D eigenvalue weighted by Crippen LogP contribution is -2.32. The predicted octanol–water partition coefficient (Wildman–Crippen LogP) is 2.66. The molecule has 0 saturated heterocycles. The summed E-state index contributed by atoms with van der Waals surface area (Å²) < 4.78 is 0. The van der Waals surface area contributed by atoms with E-state index >= 15 is 0 Å². The minimum Gasteiger partial charge on any atom is -0.392 e. The Hall–Kier alpha value is -0.860. The lowest BCUT2D eigenvalue weighted by atomic mass is 10.0. The van der Waals surface area contributed by atoms with Crippen LogP contribution in [0.25, 0.3) is 0 Å². The fourth-order valence-electron chi connectivity index (χ4n) is 1.72. The molecule has 0 saturated carbocycles. The molecule has 0 aliphatic carbocycles. The molecule has 2 nitrogen and oxygen atoms in total. The summed E-state index contributed by atoms with van der Waals surface area (Å²) >= 11 is 0. The molecule has 2 N–H and O–H groups in total. The average Bonchev–Trinajstić information content (AvgIpc) is 2.25. The van der Waals surface area contributed by atoms with E-state index in [0.717, 1.165) is 0 Å². The zero-order valence-corrected chi connectivity index (χ0v) is 10.7. The highest BCUT2D eigenvalue weighted by Gasteiger charge is 2.12. The summed E-state index contributed by atoms with van der Waals surface area (Å²) in [7, 11) is 0. The number of hydrogen-bond acceptors (Lipinski definition) is 2. The molecule has 2 heteroatoms. The van der Waals surface area contributed by atoms with Gasteiger partial charge in [0.25, 0.3) is 0 Å². The van der Waals surface area contributed by atoms with E-state index in [1.54, 1.807) is 0 Å². The molecule has 0 spiro atoms. The summed E-state index contributed by atoms with van der Waals surface area (Å²) in [5.74, 6) is 0.302. The Balaban J connectivity index is 2.53. The van der Waals surface area contributed by atoms with Crippen molar-refractivity contribution in [1.82, 2.24) is 5.32 Å². The van der Waals surface area contributed by atoms with Gasteiger partial charge in [0.05, 0.1) is 6.10 Å². The number of rotatable bonds is 5. The van der Waals surface area contributed by atoms with E-state index in [1.165, 1.54) is 11.1 Å². The van der Waals surface area contributed by atoms with Gasteiger partial charge in [-0.2, -0.15) is 0 Å². The van der Waals surface area contributed by atoms with Gasteiger partial charge in [-0.15, -0.1) is 0 Å². The van der Waals surface area contributed by atoms with Gasteiger partial charge in [0.15, 0.2) is 0 Å². The van der Waals surface area contributed by atoms with Gasteiger partial charge < -0.3 is 10.4 Å². The van der Waals surface area contributed by atoms with Crippen molar-refractivity contribution in [3.05, 3.63) is 35.4 Å². The summed E-state index contributed by atoms with van der Waals surface area (Å²) in [6, 6.07) is 8.64. The number of nitrogens with one attached hydrogen (secondary N) is 1. The maximum atomic E-state index is 9.73. The van der Waals surface area contributed by atoms with Crippen LogP contribution >= 0.6 is 0 Å². The fraction of sp³-hybridized carbons (Fsp3) is 0.571. The van der Waals surface area contributed by atoms with E-state index in [9.17, 15) is 5.11 Å². The van der Waals surface area contributed by atoms with Crippen LogP contribution in [0.15, 0.2) is 24.3 Å². The number of benzene rings is 1. The largest absolute Gasteiger partial charge is 0.392 e. The Morgan fingerprint density at radius 2 is 1.81 bits per heavy atom. The predicted molar refractivity (Wildman–Crippen MR) is 68.4 cm³/mol. The molecule has 16 heavy (non-hydrogen) atoms. The Kier molecular flexibility index (Phi) is 4.97. The SMILES string of the molecule is Cc1ccccc1C(C)NCC(O)C(C)C. The van der Waals surface area contributed by atoms with Crippen molar-refractivity contribution in [2.24, 2.45) is 5.92 Å². The molecule has 2 unspecified atom stereocenters. The first-order chi connectivity index (χ1) is 7.52. The van der Waals surface area contributed by atoms with E-state index in [0.29, 0.717) is 12.5 Å². The molecule has 0 radical (unpaired) electrons. The number of aryl methyl sites for hydroxylation is 1. The lowest BCUT2D eigenvalue weighted by molar-refractivity contribution is 0.120. The van der Waals surface area contributed by atoms with Crippen LogP contribution in [0.5, 0.6) is 0 Å². The first kappa shape index (κ1) is 13.2. The molecule has 0 aliphatic rings. The Labute approximate surface area is 98.7 Å². The van der Waals surface area contributed by atoms with Crippen molar-refractivity contribution >= 4 is 0 Å². The first-order valence-corrected chi connectivity index (χ1v) is 5.99. The third-order valence-corrected chi connectivity index (χ3v) is 3.06. The molecule has 0 aliphatic heterocycles. The first-order valence-electron chi connectivity index (χ1n) is 5.99.